The lowest BCUT2D eigenvalue weighted by molar-refractivity contribution is 0.141. The van der Waals surface area contributed by atoms with Crippen molar-refractivity contribution in [2.24, 2.45) is 10.9 Å². The maximum Gasteiger partial charge on any atom is 0.195 e. The van der Waals surface area contributed by atoms with Crippen LogP contribution in [0.15, 0.2) is 23.2 Å². The number of nitrogens with one attached hydrogen (secondary N) is 2. The van der Waals surface area contributed by atoms with Gasteiger partial charge >= 0.3 is 0 Å². The maximum absolute atomic E-state index is 5.64. The van der Waals surface area contributed by atoms with Crippen molar-refractivity contribution in [1.29, 1.82) is 0 Å². The van der Waals surface area contributed by atoms with E-state index in [-0.39, 0.29) is 24.0 Å². The zero-order valence-electron chi connectivity index (χ0n) is 17.2. The highest BCUT2D eigenvalue weighted by Gasteiger charge is 2.21. The quantitative estimate of drug-likeness (QED) is 0.346. The van der Waals surface area contributed by atoms with Gasteiger partial charge in [0.1, 0.15) is 0 Å². The first kappa shape index (κ1) is 23.8. The lowest BCUT2D eigenvalue weighted by atomic mass is 9.97. The molecule has 1 unspecified atom stereocenters. The van der Waals surface area contributed by atoms with Crippen LogP contribution < -0.4 is 20.1 Å². The Balaban J connectivity index is 0.00000364. The predicted molar refractivity (Wildman–Crippen MR) is 124 cm³/mol. The molecule has 1 heterocycles. The minimum Gasteiger partial charge on any atom is -0.493 e. The molecule has 2 N–H and O–H groups in total. The van der Waals surface area contributed by atoms with Gasteiger partial charge in [-0.1, -0.05) is 0 Å². The normalized spacial score (nSPS) is 18.0. The van der Waals surface area contributed by atoms with Crippen molar-refractivity contribution in [3.8, 4) is 11.5 Å². The molecule has 0 spiro atoms. The molecule has 0 aromatic heterocycles. The fourth-order valence-corrected chi connectivity index (χ4v) is 3.31. The molecule has 0 radical (unpaired) electrons. The van der Waals surface area contributed by atoms with Crippen molar-refractivity contribution in [3.63, 3.8) is 0 Å². The lowest BCUT2D eigenvalue weighted by Gasteiger charge is -2.35. The largest absolute Gasteiger partial charge is 0.493 e. The summed E-state index contributed by atoms with van der Waals surface area (Å²) >= 11 is 0. The number of methoxy groups -OCH3 is 1. The van der Waals surface area contributed by atoms with E-state index >= 15 is 0 Å². The Kier molecular flexibility index (Phi) is 10.8. The van der Waals surface area contributed by atoms with Crippen LogP contribution in [0.1, 0.15) is 33.6 Å². The van der Waals surface area contributed by atoms with Gasteiger partial charge in [-0.15, -0.1) is 24.0 Å². The van der Waals surface area contributed by atoms with E-state index in [2.05, 4.69) is 34.4 Å². The molecule has 1 atom stereocenters. The third-order valence-electron chi connectivity index (χ3n) is 4.79. The molecule has 1 aromatic rings. The van der Waals surface area contributed by atoms with Gasteiger partial charge in [-0.25, -0.2) is 0 Å². The topological polar surface area (TPSA) is 58.1 Å². The second kappa shape index (κ2) is 12.3. The zero-order valence-corrected chi connectivity index (χ0v) is 19.6. The standard InChI is InChI=1S/C20H34N4O2.HI/c1-6-26-19-12-17(9-10-18(19)25-5)23-20(21-4)22-13-16-8-7-11-24(14-16)15(2)3;/h9-10,12,15-16H,6-8,11,13-14H2,1-5H3,(H2,21,22,23);1H. The third kappa shape index (κ3) is 7.37. The second-order valence-corrected chi connectivity index (χ2v) is 6.97. The van der Waals surface area contributed by atoms with Crippen molar-refractivity contribution in [2.45, 2.75) is 39.7 Å². The lowest BCUT2D eigenvalue weighted by Crippen LogP contribution is -2.44. The molecule has 0 aliphatic carbocycles. The smallest absolute Gasteiger partial charge is 0.195 e. The molecule has 0 bridgehead atoms. The Hall–Kier alpha value is -1.22. The molecule has 1 aliphatic rings. The molecule has 1 aliphatic heterocycles. The summed E-state index contributed by atoms with van der Waals surface area (Å²) in [5.74, 6) is 2.89. The van der Waals surface area contributed by atoms with Gasteiger partial charge < -0.3 is 25.0 Å². The molecule has 0 amide bonds. The Labute approximate surface area is 181 Å². The molecule has 154 valence electrons. The van der Waals surface area contributed by atoms with Crippen LogP contribution in [-0.2, 0) is 0 Å². The van der Waals surface area contributed by atoms with Gasteiger partial charge in [-0.3, -0.25) is 4.99 Å². The monoisotopic (exact) mass is 490 g/mol. The van der Waals surface area contributed by atoms with Gasteiger partial charge in [0, 0.05) is 37.9 Å². The van der Waals surface area contributed by atoms with Gasteiger partial charge in [0.2, 0.25) is 0 Å². The van der Waals surface area contributed by atoms with E-state index in [1.165, 1.54) is 19.4 Å². The molecule has 7 heteroatoms. The van der Waals surface area contributed by atoms with Crippen molar-refractivity contribution < 1.29 is 9.47 Å². The molecule has 2 rings (SSSR count). The van der Waals surface area contributed by atoms with E-state index in [1.807, 2.05) is 25.1 Å². The minimum absolute atomic E-state index is 0. The Morgan fingerprint density at radius 3 is 2.74 bits per heavy atom. The summed E-state index contributed by atoms with van der Waals surface area (Å²) < 4.78 is 11.0. The summed E-state index contributed by atoms with van der Waals surface area (Å²) in [4.78, 5) is 6.91. The first-order valence-corrected chi connectivity index (χ1v) is 9.59. The van der Waals surface area contributed by atoms with E-state index in [0.29, 0.717) is 18.6 Å². The molecule has 1 saturated heterocycles. The van der Waals surface area contributed by atoms with E-state index in [0.717, 1.165) is 36.2 Å². The van der Waals surface area contributed by atoms with Crippen molar-refractivity contribution >= 4 is 35.6 Å². The van der Waals surface area contributed by atoms with Crippen LogP contribution in [0.4, 0.5) is 5.69 Å². The number of rotatable bonds is 7. The average Bonchev–Trinajstić information content (AvgIpc) is 2.65. The van der Waals surface area contributed by atoms with Crippen LogP contribution in [-0.4, -0.2) is 57.3 Å². The first-order chi connectivity index (χ1) is 12.6. The number of hydrogen-bond acceptors (Lipinski definition) is 4. The summed E-state index contributed by atoms with van der Waals surface area (Å²) in [6, 6.07) is 6.43. The van der Waals surface area contributed by atoms with Gasteiger partial charge in [-0.2, -0.15) is 0 Å². The van der Waals surface area contributed by atoms with Gasteiger partial charge in [-0.05, 0) is 58.2 Å². The summed E-state index contributed by atoms with van der Waals surface area (Å²) in [5.41, 5.74) is 0.926. The molecular formula is C20H35IN4O2. The number of likely N-dealkylation sites (tertiary alicyclic amines) is 1. The van der Waals surface area contributed by atoms with Crippen LogP contribution in [0.2, 0.25) is 0 Å². The van der Waals surface area contributed by atoms with E-state index < -0.39 is 0 Å². The number of ether oxygens (including phenoxy) is 2. The average molecular weight is 490 g/mol. The molecule has 6 nitrogen and oxygen atoms in total. The highest BCUT2D eigenvalue weighted by atomic mass is 127. The third-order valence-corrected chi connectivity index (χ3v) is 4.79. The Bertz CT molecular complexity index is 595. The summed E-state index contributed by atoms with van der Waals surface area (Å²) in [6.07, 6.45) is 2.54. The second-order valence-electron chi connectivity index (χ2n) is 6.97. The number of benzene rings is 1. The number of aliphatic imine (C=N–C) groups is 1. The highest BCUT2D eigenvalue weighted by molar-refractivity contribution is 14.0. The number of hydrogen-bond donors (Lipinski definition) is 2. The van der Waals surface area contributed by atoms with Crippen LogP contribution in [0.3, 0.4) is 0 Å². The number of piperidine rings is 1. The van der Waals surface area contributed by atoms with Gasteiger partial charge in [0.25, 0.3) is 0 Å². The molecular weight excluding hydrogens is 455 g/mol. The van der Waals surface area contributed by atoms with E-state index in [4.69, 9.17) is 9.47 Å². The first-order valence-electron chi connectivity index (χ1n) is 9.59. The summed E-state index contributed by atoms with van der Waals surface area (Å²) in [7, 11) is 3.44. The Morgan fingerprint density at radius 1 is 1.33 bits per heavy atom. The maximum atomic E-state index is 5.64. The van der Waals surface area contributed by atoms with E-state index in [1.54, 1.807) is 14.2 Å². The van der Waals surface area contributed by atoms with Gasteiger partial charge in [0.05, 0.1) is 13.7 Å². The van der Waals surface area contributed by atoms with Crippen LogP contribution in [0.25, 0.3) is 0 Å². The van der Waals surface area contributed by atoms with Crippen LogP contribution >= 0.6 is 24.0 Å². The number of anilines is 1. The molecule has 1 fully saturated rings. The van der Waals surface area contributed by atoms with Crippen molar-refractivity contribution in [2.75, 3.05) is 45.7 Å². The number of halogens is 1. The SMILES string of the molecule is CCOc1cc(NC(=NC)NCC2CCCN(C(C)C)C2)ccc1OC.I. The van der Waals surface area contributed by atoms with Gasteiger partial charge in [0.15, 0.2) is 17.5 Å². The van der Waals surface area contributed by atoms with Crippen molar-refractivity contribution in [3.05, 3.63) is 18.2 Å². The fourth-order valence-electron chi connectivity index (χ4n) is 3.31. The number of nitrogens with zero attached hydrogens (tertiary/aromatic N) is 2. The minimum atomic E-state index is 0. The van der Waals surface area contributed by atoms with Crippen LogP contribution in [0, 0.1) is 5.92 Å². The molecule has 0 saturated carbocycles. The zero-order chi connectivity index (χ0) is 18.9. The van der Waals surface area contributed by atoms with E-state index in [9.17, 15) is 0 Å². The Morgan fingerprint density at radius 2 is 2.11 bits per heavy atom. The van der Waals surface area contributed by atoms with Crippen molar-refractivity contribution in [1.82, 2.24) is 10.2 Å². The predicted octanol–water partition coefficient (Wildman–Crippen LogP) is 3.82. The summed E-state index contributed by atoms with van der Waals surface area (Å²) in [6.45, 7) is 10.4. The fraction of sp³-hybridized carbons (Fsp3) is 0.650. The molecule has 1 aromatic carbocycles. The highest BCUT2D eigenvalue weighted by Crippen LogP contribution is 2.30. The molecule has 27 heavy (non-hydrogen) atoms. The summed E-state index contributed by atoms with van der Waals surface area (Å²) in [5, 5.41) is 6.81. The number of guanidine groups is 1. The van der Waals surface area contributed by atoms with Crippen LogP contribution in [0.5, 0.6) is 11.5 Å².